The highest BCUT2D eigenvalue weighted by molar-refractivity contribution is 7.10. The van der Waals surface area contributed by atoms with Crippen LogP contribution in [0, 0.1) is 0 Å². The van der Waals surface area contributed by atoms with Crippen LogP contribution in [0.4, 0.5) is 5.69 Å². The summed E-state index contributed by atoms with van der Waals surface area (Å²) >= 11 is 3.32. The van der Waals surface area contributed by atoms with Gasteiger partial charge in [-0.3, -0.25) is 4.79 Å². The zero-order chi connectivity index (χ0) is 15.9. The largest absolute Gasteiger partial charge is 0.355 e. The van der Waals surface area contributed by atoms with Gasteiger partial charge in [-0.05, 0) is 58.5 Å². The van der Waals surface area contributed by atoms with Crippen LogP contribution in [0.25, 0.3) is 11.1 Å². The summed E-state index contributed by atoms with van der Waals surface area (Å²) in [5, 5.41) is 9.18. The van der Waals surface area contributed by atoms with E-state index in [1.54, 1.807) is 22.7 Å². The first kappa shape index (κ1) is 14.6. The Hall–Kier alpha value is -1.95. The molecule has 1 aliphatic rings. The lowest BCUT2D eigenvalue weighted by molar-refractivity contribution is -0.124. The van der Waals surface area contributed by atoms with E-state index < -0.39 is 5.60 Å². The normalized spacial score (nSPS) is 20.7. The van der Waals surface area contributed by atoms with Gasteiger partial charge in [0, 0.05) is 16.1 Å². The summed E-state index contributed by atoms with van der Waals surface area (Å²) in [5.41, 5.74) is 3.50. The highest BCUT2D eigenvalue weighted by Gasteiger charge is 2.36. The summed E-state index contributed by atoms with van der Waals surface area (Å²) in [6, 6.07) is 12.3. The van der Waals surface area contributed by atoms with Crippen molar-refractivity contribution in [3.63, 3.8) is 0 Å². The van der Waals surface area contributed by atoms with E-state index in [4.69, 9.17) is 4.74 Å². The van der Waals surface area contributed by atoms with Crippen LogP contribution in [0.15, 0.2) is 52.5 Å². The van der Waals surface area contributed by atoms with Gasteiger partial charge in [0.05, 0.1) is 0 Å². The first-order chi connectivity index (χ1) is 11.2. The van der Waals surface area contributed by atoms with Gasteiger partial charge in [-0.15, -0.1) is 11.3 Å². The van der Waals surface area contributed by atoms with Gasteiger partial charge in [-0.1, -0.05) is 12.1 Å². The number of benzene rings is 1. The van der Waals surface area contributed by atoms with Gasteiger partial charge in [-0.25, -0.2) is 0 Å². The molecule has 1 N–H and O–H groups in total. The summed E-state index contributed by atoms with van der Waals surface area (Å²) < 4.78 is 6.05. The van der Waals surface area contributed by atoms with Crippen molar-refractivity contribution in [2.75, 3.05) is 11.9 Å². The van der Waals surface area contributed by atoms with E-state index in [2.05, 4.69) is 34.3 Å². The van der Waals surface area contributed by atoms with Crippen molar-refractivity contribution in [3.05, 3.63) is 63.0 Å². The van der Waals surface area contributed by atoms with Gasteiger partial charge in [-0.2, -0.15) is 11.3 Å². The highest BCUT2D eigenvalue weighted by Crippen LogP contribution is 2.42. The zero-order valence-corrected chi connectivity index (χ0v) is 14.2. The van der Waals surface area contributed by atoms with Gasteiger partial charge in [0.2, 0.25) is 5.91 Å². The number of amides is 1. The van der Waals surface area contributed by atoms with Crippen LogP contribution >= 0.6 is 22.7 Å². The minimum atomic E-state index is -0.630. The van der Waals surface area contributed by atoms with Crippen molar-refractivity contribution in [2.24, 2.45) is 0 Å². The van der Waals surface area contributed by atoms with E-state index in [1.807, 2.05) is 30.5 Å². The van der Waals surface area contributed by atoms with E-state index in [9.17, 15) is 4.79 Å². The number of nitrogens with one attached hydrogen (secondary N) is 1. The summed E-state index contributed by atoms with van der Waals surface area (Å²) in [6.07, 6.45) is 0. The molecule has 1 atom stereocenters. The summed E-state index contributed by atoms with van der Waals surface area (Å²) in [5.74, 6) is -0.116. The molecule has 0 fully saturated rings. The molecule has 0 bridgehead atoms. The standard InChI is InChI=1S/C18H15NO2S2/c1-18(16-3-2-7-23-16)14-9-12(13-6-8-22-11-13)4-5-15(14)19-17(20)10-21-18/h2-9,11H,10H2,1H3,(H,19,20). The number of fused-ring (bicyclic) bond motifs is 1. The topological polar surface area (TPSA) is 38.3 Å². The van der Waals surface area contributed by atoms with E-state index in [-0.39, 0.29) is 12.5 Å². The van der Waals surface area contributed by atoms with Crippen LogP contribution in [-0.4, -0.2) is 12.5 Å². The van der Waals surface area contributed by atoms with Gasteiger partial charge in [0.25, 0.3) is 0 Å². The smallest absolute Gasteiger partial charge is 0.250 e. The van der Waals surface area contributed by atoms with Crippen LogP contribution < -0.4 is 5.32 Å². The highest BCUT2D eigenvalue weighted by atomic mass is 32.1. The van der Waals surface area contributed by atoms with Crippen LogP contribution in [0.1, 0.15) is 17.4 Å². The van der Waals surface area contributed by atoms with Crippen LogP contribution in [0.5, 0.6) is 0 Å². The van der Waals surface area contributed by atoms with Crippen LogP contribution in [-0.2, 0) is 15.1 Å². The fourth-order valence-corrected chi connectivity index (χ4v) is 4.40. The quantitative estimate of drug-likeness (QED) is 0.733. The molecule has 5 heteroatoms. The lowest BCUT2D eigenvalue weighted by Crippen LogP contribution is -2.27. The van der Waals surface area contributed by atoms with Gasteiger partial charge >= 0.3 is 0 Å². The van der Waals surface area contributed by atoms with E-state index >= 15 is 0 Å². The number of carbonyl (C=O) groups excluding carboxylic acids is 1. The molecule has 3 heterocycles. The van der Waals surface area contributed by atoms with Crippen molar-refractivity contribution in [2.45, 2.75) is 12.5 Å². The summed E-state index contributed by atoms with van der Waals surface area (Å²) in [4.78, 5) is 13.1. The molecule has 0 spiro atoms. The third-order valence-electron chi connectivity index (χ3n) is 4.15. The molecule has 3 aromatic rings. The lowest BCUT2D eigenvalue weighted by Gasteiger charge is -2.29. The molecule has 0 saturated carbocycles. The number of carbonyl (C=O) groups is 1. The molecule has 1 amide bonds. The fourth-order valence-electron chi connectivity index (χ4n) is 2.88. The second-order valence-corrected chi connectivity index (χ2v) is 7.35. The number of rotatable bonds is 2. The van der Waals surface area contributed by atoms with Crippen molar-refractivity contribution >= 4 is 34.3 Å². The maximum atomic E-state index is 12.0. The minimum Gasteiger partial charge on any atom is -0.355 e. The van der Waals surface area contributed by atoms with Crippen LogP contribution in [0.2, 0.25) is 0 Å². The monoisotopic (exact) mass is 341 g/mol. The Morgan fingerprint density at radius 1 is 1.17 bits per heavy atom. The van der Waals surface area contributed by atoms with Gasteiger partial charge in [0.1, 0.15) is 12.2 Å². The Balaban J connectivity index is 1.91. The molecule has 0 saturated heterocycles. The Labute approximate surface area is 142 Å². The van der Waals surface area contributed by atoms with Crippen molar-refractivity contribution in [1.29, 1.82) is 0 Å². The Morgan fingerprint density at radius 3 is 2.83 bits per heavy atom. The first-order valence-corrected chi connectivity index (χ1v) is 9.14. The maximum Gasteiger partial charge on any atom is 0.250 e. The summed E-state index contributed by atoms with van der Waals surface area (Å²) in [7, 11) is 0. The number of hydrogen-bond donors (Lipinski definition) is 1. The fraction of sp³-hybridized carbons (Fsp3) is 0.167. The minimum absolute atomic E-state index is 0.0524. The van der Waals surface area contributed by atoms with Crippen LogP contribution in [0.3, 0.4) is 0 Å². The molecule has 1 unspecified atom stereocenters. The third-order valence-corrected chi connectivity index (χ3v) is 5.90. The van der Waals surface area contributed by atoms with Gasteiger partial charge in [0.15, 0.2) is 0 Å². The number of thiophene rings is 2. The average molecular weight is 341 g/mol. The Kier molecular flexibility index (Phi) is 3.56. The second-order valence-electron chi connectivity index (χ2n) is 5.62. The molecule has 4 rings (SSSR count). The molecule has 1 aromatic carbocycles. The Bertz CT molecular complexity index is 840. The lowest BCUT2D eigenvalue weighted by atomic mass is 9.90. The number of hydrogen-bond acceptors (Lipinski definition) is 4. The molecule has 116 valence electrons. The second kappa shape index (κ2) is 5.60. The molecule has 23 heavy (non-hydrogen) atoms. The molecule has 3 nitrogen and oxygen atoms in total. The molecular weight excluding hydrogens is 326 g/mol. The van der Waals surface area contributed by atoms with Crippen molar-refractivity contribution in [1.82, 2.24) is 0 Å². The average Bonchev–Trinajstić information content (AvgIpc) is 3.24. The van der Waals surface area contributed by atoms with E-state index in [0.717, 1.165) is 21.7 Å². The predicted octanol–water partition coefficient (Wildman–Crippen LogP) is 4.71. The van der Waals surface area contributed by atoms with E-state index in [0.29, 0.717) is 0 Å². The molecule has 0 radical (unpaired) electrons. The molecule has 1 aliphatic heterocycles. The number of anilines is 1. The van der Waals surface area contributed by atoms with E-state index in [1.165, 1.54) is 5.56 Å². The molecule has 2 aromatic heterocycles. The number of ether oxygens (including phenoxy) is 1. The first-order valence-electron chi connectivity index (χ1n) is 7.32. The molecular formula is C18H15NO2S2. The van der Waals surface area contributed by atoms with Gasteiger partial charge < -0.3 is 10.1 Å². The Morgan fingerprint density at radius 2 is 2.09 bits per heavy atom. The predicted molar refractivity (Wildman–Crippen MR) is 95.1 cm³/mol. The van der Waals surface area contributed by atoms with Crippen molar-refractivity contribution < 1.29 is 9.53 Å². The third kappa shape index (κ3) is 2.51. The molecule has 0 aliphatic carbocycles. The SMILES string of the molecule is CC1(c2cccs2)OCC(=O)Nc2ccc(-c3ccsc3)cc21. The zero-order valence-electron chi connectivity index (χ0n) is 12.5. The van der Waals surface area contributed by atoms with Crippen molar-refractivity contribution in [3.8, 4) is 11.1 Å². The maximum absolute atomic E-state index is 12.0. The summed E-state index contributed by atoms with van der Waals surface area (Å²) in [6.45, 7) is 2.09.